The highest BCUT2D eigenvalue weighted by Gasteiger charge is 2.15. The Morgan fingerprint density at radius 2 is 1.68 bits per heavy atom. The van der Waals surface area contributed by atoms with Crippen molar-refractivity contribution in [3.05, 3.63) is 53.9 Å². The average Bonchev–Trinajstić information content (AvgIpc) is 2.72. The molecule has 4 heteroatoms. The van der Waals surface area contributed by atoms with Crippen molar-refractivity contribution >= 4 is 0 Å². The molecule has 1 unspecified atom stereocenters. The molecule has 3 rings (SSSR count). The molecule has 1 aromatic carbocycles. The van der Waals surface area contributed by atoms with E-state index in [1.165, 1.54) is 0 Å². The minimum atomic E-state index is -0.680. The number of hydrogen-bond donors (Lipinski definition) is 1. The van der Waals surface area contributed by atoms with Gasteiger partial charge in [-0.15, -0.1) is 0 Å². The summed E-state index contributed by atoms with van der Waals surface area (Å²) in [4.78, 5) is 3.95. The molecular weight excluding hydrogens is 242 g/mol. The maximum Gasteiger partial charge on any atom is 0.161 e. The van der Waals surface area contributed by atoms with Gasteiger partial charge in [0.2, 0.25) is 0 Å². The lowest BCUT2D eigenvalue weighted by Gasteiger charge is -2.14. The van der Waals surface area contributed by atoms with Crippen molar-refractivity contribution < 1.29 is 14.6 Å². The SMILES string of the molecule is OC(c1ccncc1)c1ccc2c(c1)OCCCO2. The molecule has 19 heavy (non-hydrogen) atoms. The summed E-state index contributed by atoms with van der Waals surface area (Å²) in [5, 5.41) is 10.3. The standard InChI is InChI=1S/C15H15NO3/c17-15(11-4-6-16-7-5-11)12-2-3-13-14(10-12)19-9-1-8-18-13/h2-7,10,15,17H,1,8-9H2. The van der Waals surface area contributed by atoms with Crippen molar-refractivity contribution in [1.29, 1.82) is 0 Å². The van der Waals surface area contributed by atoms with Crippen molar-refractivity contribution in [2.45, 2.75) is 12.5 Å². The summed E-state index contributed by atoms with van der Waals surface area (Å²) in [6.45, 7) is 1.31. The second-order valence-electron chi connectivity index (χ2n) is 4.44. The van der Waals surface area contributed by atoms with E-state index < -0.39 is 6.10 Å². The van der Waals surface area contributed by atoms with E-state index in [-0.39, 0.29) is 0 Å². The van der Waals surface area contributed by atoms with Gasteiger partial charge in [-0.05, 0) is 35.4 Å². The van der Waals surface area contributed by atoms with Crippen LogP contribution in [-0.4, -0.2) is 23.3 Å². The molecule has 1 aliphatic rings. The molecule has 2 aromatic rings. The topological polar surface area (TPSA) is 51.6 Å². The van der Waals surface area contributed by atoms with Crippen LogP contribution in [0, 0.1) is 0 Å². The summed E-state index contributed by atoms with van der Waals surface area (Å²) in [7, 11) is 0. The van der Waals surface area contributed by atoms with Crippen molar-refractivity contribution in [2.24, 2.45) is 0 Å². The Bertz CT molecular complexity index is 557. The molecular formula is C15H15NO3. The maximum atomic E-state index is 10.3. The number of aliphatic hydroxyl groups is 1. The van der Waals surface area contributed by atoms with Gasteiger partial charge in [-0.3, -0.25) is 4.98 Å². The first-order chi connectivity index (χ1) is 9.34. The van der Waals surface area contributed by atoms with Crippen LogP contribution in [0.15, 0.2) is 42.7 Å². The van der Waals surface area contributed by atoms with Crippen molar-refractivity contribution in [3.63, 3.8) is 0 Å². The smallest absolute Gasteiger partial charge is 0.161 e. The minimum absolute atomic E-state index is 0.641. The molecule has 1 N–H and O–H groups in total. The van der Waals surface area contributed by atoms with Crippen molar-refractivity contribution in [2.75, 3.05) is 13.2 Å². The van der Waals surface area contributed by atoms with Gasteiger partial charge in [0.1, 0.15) is 6.10 Å². The van der Waals surface area contributed by atoms with Gasteiger partial charge in [0.05, 0.1) is 13.2 Å². The predicted molar refractivity (Wildman–Crippen MR) is 70.3 cm³/mol. The normalized spacial score (nSPS) is 15.6. The van der Waals surface area contributed by atoms with Gasteiger partial charge < -0.3 is 14.6 Å². The first-order valence-corrected chi connectivity index (χ1v) is 6.32. The summed E-state index contributed by atoms with van der Waals surface area (Å²) in [5.74, 6) is 1.44. The highest BCUT2D eigenvalue weighted by molar-refractivity contribution is 5.45. The Balaban J connectivity index is 1.91. The molecule has 0 spiro atoms. The third-order valence-corrected chi connectivity index (χ3v) is 3.11. The zero-order valence-corrected chi connectivity index (χ0v) is 10.5. The third kappa shape index (κ3) is 2.53. The molecule has 4 nitrogen and oxygen atoms in total. The summed E-state index contributed by atoms with van der Waals surface area (Å²) >= 11 is 0. The van der Waals surface area contributed by atoms with E-state index in [0.717, 1.165) is 23.3 Å². The fourth-order valence-electron chi connectivity index (χ4n) is 2.09. The van der Waals surface area contributed by atoms with Gasteiger partial charge in [0.15, 0.2) is 11.5 Å². The average molecular weight is 257 g/mol. The largest absolute Gasteiger partial charge is 0.490 e. The molecule has 0 aliphatic carbocycles. The Morgan fingerprint density at radius 3 is 2.47 bits per heavy atom. The number of fused-ring (bicyclic) bond motifs is 1. The number of nitrogens with zero attached hydrogens (tertiary/aromatic N) is 1. The molecule has 0 saturated heterocycles. The van der Waals surface area contributed by atoms with E-state index in [9.17, 15) is 5.11 Å². The van der Waals surface area contributed by atoms with Crippen LogP contribution in [0.4, 0.5) is 0 Å². The third-order valence-electron chi connectivity index (χ3n) is 3.11. The van der Waals surface area contributed by atoms with Crippen molar-refractivity contribution in [1.82, 2.24) is 4.98 Å². The van der Waals surface area contributed by atoms with E-state index >= 15 is 0 Å². The molecule has 1 aliphatic heterocycles. The van der Waals surface area contributed by atoms with Crippen LogP contribution in [0.1, 0.15) is 23.7 Å². The van der Waals surface area contributed by atoms with Crippen LogP contribution < -0.4 is 9.47 Å². The second-order valence-corrected chi connectivity index (χ2v) is 4.44. The van der Waals surface area contributed by atoms with Crippen LogP contribution in [-0.2, 0) is 0 Å². The lowest BCUT2D eigenvalue weighted by Crippen LogP contribution is -2.01. The first-order valence-electron chi connectivity index (χ1n) is 6.32. The Kier molecular flexibility index (Phi) is 3.33. The number of rotatable bonds is 2. The van der Waals surface area contributed by atoms with Gasteiger partial charge in [-0.1, -0.05) is 6.07 Å². The van der Waals surface area contributed by atoms with Crippen LogP contribution in [0.25, 0.3) is 0 Å². The van der Waals surface area contributed by atoms with Gasteiger partial charge in [-0.25, -0.2) is 0 Å². The van der Waals surface area contributed by atoms with E-state index in [1.54, 1.807) is 24.5 Å². The molecule has 0 bridgehead atoms. The maximum absolute atomic E-state index is 10.3. The van der Waals surface area contributed by atoms with Crippen molar-refractivity contribution in [3.8, 4) is 11.5 Å². The molecule has 98 valence electrons. The Morgan fingerprint density at radius 1 is 0.947 bits per heavy atom. The number of benzene rings is 1. The van der Waals surface area contributed by atoms with Gasteiger partial charge in [0.25, 0.3) is 0 Å². The second kappa shape index (κ2) is 5.28. The lowest BCUT2D eigenvalue weighted by atomic mass is 10.0. The monoisotopic (exact) mass is 257 g/mol. The number of aliphatic hydroxyl groups excluding tert-OH is 1. The molecule has 0 radical (unpaired) electrons. The van der Waals surface area contributed by atoms with Crippen LogP contribution in [0.5, 0.6) is 11.5 Å². The summed E-state index contributed by atoms with van der Waals surface area (Å²) < 4.78 is 11.2. The van der Waals surface area contributed by atoms with Gasteiger partial charge >= 0.3 is 0 Å². The lowest BCUT2D eigenvalue weighted by molar-refractivity contribution is 0.219. The molecule has 0 amide bonds. The fraction of sp³-hybridized carbons (Fsp3) is 0.267. The molecule has 0 saturated carbocycles. The summed E-state index contributed by atoms with van der Waals surface area (Å²) in [6.07, 6.45) is 3.53. The zero-order valence-electron chi connectivity index (χ0n) is 10.5. The highest BCUT2D eigenvalue weighted by atomic mass is 16.5. The number of aromatic nitrogens is 1. The molecule has 0 fully saturated rings. The van der Waals surface area contributed by atoms with Crippen LogP contribution in [0.2, 0.25) is 0 Å². The molecule has 2 heterocycles. The summed E-state index contributed by atoms with van der Waals surface area (Å²) in [6, 6.07) is 9.14. The van der Waals surface area contributed by atoms with E-state index in [1.807, 2.05) is 18.2 Å². The van der Waals surface area contributed by atoms with E-state index in [0.29, 0.717) is 19.0 Å². The first kappa shape index (κ1) is 12.0. The fourth-order valence-corrected chi connectivity index (χ4v) is 2.09. The van der Waals surface area contributed by atoms with E-state index in [4.69, 9.17) is 9.47 Å². The summed E-state index contributed by atoms with van der Waals surface area (Å²) in [5.41, 5.74) is 1.60. The predicted octanol–water partition coefficient (Wildman–Crippen LogP) is 2.32. The Hall–Kier alpha value is -2.07. The van der Waals surface area contributed by atoms with Gasteiger partial charge in [0, 0.05) is 18.8 Å². The minimum Gasteiger partial charge on any atom is -0.490 e. The molecule has 1 atom stereocenters. The quantitative estimate of drug-likeness (QED) is 0.897. The highest BCUT2D eigenvalue weighted by Crippen LogP contribution is 2.33. The van der Waals surface area contributed by atoms with Crippen LogP contribution >= 0.6 is 0 Å². The zero-order chi connectivity index (χ0) is 13.1. The Labute approximate surface area is 111 Å². The van der Waals surface area contributed by atoms with Crippen LogP contribution in [0.3, 0.4) is 0 Å². The van der Waals surface area contributed by atoms with E-state index in [2.05, 4.69) is 4.98 Å². The number of pyridine rings is 1. The number of hydrogen-bond acceptors (Lipinski definition) is 4. The number of ether oxygens (including phenoxy) is 2. The van der Waals surface area contributed by atoms with Gasteiger partial charge in [-0.2, -0.15) is 0 Å². The molecule has 1 aromatic heterocycles.